The summed E-state index contributed by atoms with van der Waals surface area (Å²) in [5.41, 5.74) is -0.899. The third-order valence-corrected chi connectivity index (χ3v) is 5.40. The van der Waals surface area contributed by atoms with Gasteiger partial charge in [0.05, 0.1) is 11.6 Å². The molecule has 4 rings (SSSR count). The van der Waals surface area contributed by atoms with Crippen LogP contribution < -0.4 is 11.2 Å². The maximum Gasteiger partial charge on any atom is 0.416 e. The third-order valence-electron chi connectivity index (χ3n) is 5.40. The summed E-state index contributed by atoms with van der Waals surface area (Å²) in [5, 5.41) is 0. The molecule has 0 fully saturated rings. The van der Waals surface area contributed by atoms with Crippen LogP contribution in [0.15, 0.2) is 40.1 Å². The molecule has 4 aromatic rings. The van der Waals surface area contributed by atoms with Gasteiger partial charge >= 0.3 is 11.9 Å². The Bertz CT molecular complexity index is 1470. The molecule has 3 aromatic heterocycles. The molecule has 1 aromatic carbocycles. The molecule has 162 valence electrons. The minimum absolute atomic E-state index is 0.0963. The second kappa shape index (κ2) is 6.69. The van der Waals surface area contributed by atoms with Crippen molar-refractivity contribution in [2.75, 3.05) is 0 Å². The van der Waals surface area contributed by atoms with E-state index in [1.54, 1.807) is 17.7 Å². The standard InChI is InChI=1S/C20H18F3N5O3/c1-10-9-26-15-16(25(4)19(31)28(17(15)30)11(2)12(3)29)24-18(26)27(10)14-7-5-13(6-8-14)20(21,22)23/h5-9,11H,1-4H3. The lowest BCUT2D eigenvalue weighted by atomic mass is 10.2. The number of carbonyl (C=O) groups is 1. The Hall–Kier alpha value is -3.63. The molecule has 0 spiro atoms. The minimum atomic E-state index is -4.46. The Morgan fingerprint density at radius 2 is 1.74 bits per heavy atom. The second-order valence-electron chi connectivity index (χ2n) is 7.41. The molecule has 11 heteroatoms. The first-order valence-electron chi connectivity index (χ1n) is 9.33. The first-order chi connectivity index (χ1) is 14.4. The van der Waals surface area contributed by atoms with Crippen LogP contribution in [0, 0.1) is 6.92 Å². The number of aryl methyl sites for hydroxylation is 2. The molecule has 0 saturated heterocycles. The number of rotatable bonds is 3. The van der Waals surface area contributed by atoms with Gasteiger partial charge in [-0.2, -0.15) is 18.2 Å². The molecule has 1 atom stereocenters. The molecule has 3 heterocycles. The normalized spacial score (nSPS) is 13.3. The fourth-order valence-electron chi connectivity index (χ4n) is 3.62. The Morgan fingerprint density at radius 1 is 1.13 bits per heavy atom. The van der Waals surface area contributed by atoms with Gasteiger partial charge in [-0.3, -0.25) is 23.1 Å². The molecule has 0 amide bonds. The van der Waals surface area contributed by atoms with Crippen molar-refractivity contribution in [3.63, 3.8) is 0 Å². The van der Waals surface area contributed by atoms with Gasteiger partial charge in [0.15, 0.2) is 16.9 Å². The van der Waals surface area contributed by atoms with E-state index in [0.29, 0.717) is 11.4 Å². The van der Waals surface area contributed by atoms with Gasteiger partial charge in [-0.25, -0.2) is 9.36 Å². The highest BCUT2D eigenvalue weighted by atomic mass is 19.4. The number of carbonyl (C=O) groups excluding carboxylic acids is 1. The smallest absolute Gasteiger partial charge is 0.298 e. The number of halogens is 3. The molecule has 1 unspecified atom stereocenters. The lowest BCUT2D eigenvalue weighted by Crippen LogP contribution is -2.42. The summed E-state index contributed by atoms with van der Waals surface area (Å²) in [6.07, 6.45) is -2.85. The number of ketones is 1. The number of hydrogen-bond acceptors (Lipinski definition) is 4. The Labute approximate surface area is 172 Å². The SMILES string of the molecule is CC(=O)C(C)n1c(=O)c2c(nc3n(-c4ccc(C(F)(F)F)cc4)c(C)cn23)n(C)c1=O. The van der Waals surface area contributed by atoms with Crippen molar-refractivity contribution in [1.82, 2.24) is 23.1 Å². The van der Waals surface area contributed by atoms with Gasteiger partial charge in [0, 0.05) is 24.6 Å². The first-order valence-corrected chi connectivity index (χ1v) is 9.33. The fraction of sp³-hybridized carbons (Fsp3) is 0.300. The molecule has 0 radical (unpaired) electrons. The molecule has 31 heavy (non-hydrogen) atoms. The number of Topliss-reactive ketones (excluding diaryl/α,β-unsaturated/α-hetero) is 1. The summed E-state index contributed by atoms with van der Waals surface area (Å²) < 4.78 is 43.8. The van der Waals surface area contributed by atoms with Crippen LogP contribution >= 0.6 is 0 Å². The van der Waals surface area contributed by atoms with Crippen molar-refractivity contribution in [2.24, 2.45) is 7.05 Å². The lowest BCUT2D eigenvalue weighted by molar-refractivity contribution is -0.137. The highest BCUT2D eigenvalue weighted by Crippen LogP contribution is 2.30. The fourth-order valence-corrected chi connectivity index (χ4v) is 3.62. The van der Waals surface area contributed by atoms with Gasteiger partial charge in [-0.1, -0.05) is 0 Å². The molecule has 0 saturated carbocycles. The average molecular weight is 433 g/mol. The van der Waals surface area contributed by atoms with Gasteiger partial charge in [0.1, 0.15) is 0 Å². The van der Waals surface area contributed by atoms with Crippen molar-refractivity contribution in [3.8, 4) is 5.69 Å². The molecule has 0 N–H and O–H groups in total. The van der Waals surface area contributed by atoms with Crippen LogP contribution in [0.2, 0.25) is 0 Å². The van der Waals surface area contributed by atoms with Crippen molar-refractivity contribution < 1.29 is 18.0 Å². The molecule has 0 bridgehead atoms. The van der Waals surface area contributed by atoms with Gasteiger partial charge < -0.3 is 0 Å². The van der Waals surface area contributed by atoms with Gasteiger partial charge in [0.2, 0.25) is 5.78 Å². The summed E-state index contributed by atoms with van der Waals surface area (Å²) in [7, 11) is 1.44. The number of alkyl halides is 3. The molecule has 0 aliphatic rings. The average Bonchev–Trinajstić information content (AvgIpc) is 3.20. The minimum Gasteiger partial charge on any atom is -0.298 e. The van der Waals surface area contributed by atoms with Crippen LogP contribution in [0.4, 0.5) is 13.2 Å². The highest BCUT2D eigenvalue weighted by Gasteiger charge is 2.30. The Balaban J connectivity index is 2.04. The number of fused-ring (bicyclic) bond motifs is 3. The van der Waals surface area contributed by atoms with E-state index in [0.717, 1.165) is 16.7 Å². The second-order valence-corrected chi connectivity index (χ2v) is 7.41. The number of nitrogens with zero attached hydrogens (tertiary/aromatic N) is 5. The first kappa shape index (κ1) is 20.6. The van der Waals surface area contributed by atoms with Crippen LogP contribution in [0.5, 0.6) is 0 Å². The zero-order valence-corrected chi connectivity index (χ0v) is 17.1. The largest absolute Gasteiger partial charge is 0.416 e. The van der Waals surface area contributed by atoms with Crippen molar-refractivity contribution in [1.29, 1.82) is 0 Å². The van der Waals surface area contributed by atoms with E-state index >= 15 is 0 Å². The molecular formula is C20H18F3N5O3. The summed E-state index contributed by atoms with van der Waals surface area (Å²) in [4.78, 5) is 42.1. The summed E-state index contributed by atoms with van der Waals surface area (Å²) >= 11 is 0. The topological polar surface area (TPSA) is 83.3 Å². The molecular weight excluding hydrogens is 415 g/mol. The highest BCUT2D eigenvalue weighted by molar-refractivity contribution is 5.81. The summed E-state index contributed by atoms with van der Waals surface area (Å²) in [5.74, 6) is -0.0922. The predicted octanol–water partition coefficient (Wildman–Crippen LogP) is 2.62. The van der Waals surface area contributed by atoms with E-state index in [9.17, 15) is 27.6 Å². The van der Waals surface area contributed by atoms with E-state index in [2.05, 4.69) is 4.98 Å². The zero-order valence-electron chi connectivity index (χ0n) is 17.1. The number of benzene rings is 1. The van der Waals surface area contributed by atoms with Crippen LogP contribution in [0.1, 0.15) is 31.1 Å². The van der Waals surface area contributed by atoms with Gasteiger partial charge in [-0.15, -0.1) is 0 Å². The lowest BCUT2D eigenvalue weighted by Gasteiger charge is -2.12. The van der Waals surface area contributed by atoms with Crippen LogP contribution in [-0.2, 0) is 18.0 Å². The van der Waals surface area contributed by atoms with E-state index in [1.165, 1.54) is 42.0 Å². The predicted molar refractivity (Wildman–Crippen MR) is 107 cm³/mol. The van der Waals surface area contributed by atoms with Gasteiger partial charge in [-0.05, 0) is 45.0 Å². The van der Waals surface area contributed by atoms with Crippen molar-refractivity contribution in [3.05, 3.63) is 62.6 Å². The van der Waals surface area contributed by atoms with Crippen molar-refractivity contribution in [2.45, 2.75) is 33.0 Å². The third kappa shape index (κ3) is 2.99. The maximum absolute atomic E-state index is 13.1. The maximum atomic E-state index is 13.1. The summed E-state index contributed by atoms with van der Waals surface area (Å²) in [6, 6.07) is 3.59. The Kier molecular flexibility index (Phi) is 4.45. The number of hydrogen-bond donors (Lipinski definition) is 0. The van der Waals surface area contributed by atoms with Crippen LogP contribution in [-0.4, -0.2) is 28.9 Å². The van der Waals surface area contributed by atoms with E-state index in [4.69, 9.17) is 0 Å². The van der Waals surface area contributed by atoms with Crippen molar-refractivity contribution >= 4 is 22.7 Å². The quantitative estimate of drug-likeness (QED) is 0.497. The van der Waals surface area contributed by atoms with E-state index < -0.39 is 29.0 Å². The van der Waals surface area contributed by atoms with E-state index in [-0.39, 0.29) is 22.7 Å². The molecule has 0 aliphatic carbocycles. The number of aromatic nitrogens is 5. The monoisotopic (exact) mass is 433 g/mol. The number of imidazole rings is 2. The van der Waals surface area contributed by atoms with E-state index in [1.807, 2.05) is 0 Å². The molecule has 0 aliphatic heterocycles. The summed E-state index contributed by atoms with van der Waals surface area (Å²) in [6.45, 7) is 4.47. The zero-order chi connectivity index (χ0) is 22.8. The van der Waals surface area contributed by atoms with Crippen LogP contribution in [0.3, 0.4) is 0 Å². The van der Waals surface area contributed by atoms with Crippen LogP contribution in [0.25, 0.3) is 22.6 Å². The van der Waals surface area contributed by atoms with Gasteiger partial charge in [0.25, 0.3) is 5.56 Å². The Morgan fingerprint density at radius 3 is 2.29 bits per heavy atom. The molecule has 8 nitrogen and oxygen atoms in total.